The lowest BCUT2D eigenvalue weighted by atomic mass is 10.1. The number of carbonyl (C=O) groups excluding carboxylic acids is 8. The first-order valence-electron chi connectivity index (χ1n) is 31.4. The largest absolute Gasteiger partial charge is 0.445 e. The smallest absolute Gasteiger partial charge is 0.437 e. The SMILES string of the molecule is N/C(=N\C(=O)OCc1ccccc1)N(CCCC(NC(=O)OCc1ccccc1)C(=O)NCCCCCCCCCCNC(=O)C(CCCN(C(=O)OCc1ccccc1)/C(N)=N/C(=O)OCc1ccccc1)NC(=O)OCc1ccccc1)C(=O)OCc1ccccc1. The van der Waals surface area contributed by atoms with Crippen molar-refractivity contribution in [1.82, 2.24) is 31.1 Å². The summed E-state index contributed by atoms with van der Waals surface area (Å²) in [5.74, 6) is -1.90. The molecule has 6 aromatic carbocycles. The molecule has 0 saturated heterocycles. The quantitative estimate of drug-likeness (QED) is 0.00932. The molecule has 8 amide bonds. The van der Waals surface area contributed by atoms with E-state index in [0.717, 1.165) is 70.6 Å². The van der Waals surface area contributed by atoms with Crippen molar-refractivity contribution >= 4 is 60.3 Å². The minimum Gasteiger partial charge on any atom is -0.445 e. The van der Waals surface area contributed by atoms with Crippen LogP contribution in [0.2, 0.25) is 0 Å². The van der Waals surface area contributed by atoms with Crippen LogP contribution in [0.3, 0.4) is 0 Å². The molecular formula is C70H84N10O14. The number of amides is 8. The van der Waals surface area contributed by atoms with Gasteiger partial charge in [-0.3, -0.25) is 9.59 Å². The molecule has 0 saturated carbocycles. The molecule has 0 aliphatic heterocycles. The number of guanidine groups is 2. The van der Waals surface area contributed by atoms with Crippen LogP contribution in [-0.4, -0.2) is 108 Å². The topological polar surface area (TPSA) is 323 Å². The van der Waals surface area contributed by atoms with Crippen LogP contribution >= 0.6 is 0 Å². The average molecular weight is 1290 g/mol. The van der Waals surface area contributed by atoms with Crippen molar-refractivity contribution < 1.29 is 66.8 Å². The fourth-order valence-corrected chi connectivity index (χ4v) is 9.24. The molecule has 6 rings (SSSR count). The summed E-state index contributed by atoms with van der Waals surface area (Å²) in [6.07, 6.45) is 1.37. The van der Waals surface area contributed by atoms with Crippen LogP contribution in [0.1, 0.15) is 110 Å². The Kier molecular flexibility index (Phi) is 32.5. The minimum absolute atomic E-state index is 0.0320. The monoisotopic (exact) mass is 1290 g/mol. The number of rotatable bonds is 35. The van der Waals surface area contributed by atoms with Crippen LogP contribution in [0.4, 0.5) is 28.8 Å². The second kappa shape index (κ2) is 42.3. The Labute approximate surface area is 547 Å². The van der Waals surface area contributed by atoms with Gasteiger partial charge in [0.2, 0.25) is 23.7 Å². The van der Waals surface area contributed by atoms with Gasteiger partial charge in [-0.15, -0.1) is 9.98 Å². The molecule has 24 heteroatoms. The number of unbranched alkanes of at least 4 members (excludes halogenated alkanes) is 7. The summed E-state index contributed by atoms with van der Waals surface area (Å²) in [4.78, 5) is 116. The van der Waals surface area contributed by atoms with Gasteiger partial charge in [0.05, 0.1) is 0 Å². The first-order chi connectivity index (χ1) is 45.8. The third-order valence-electron chi connectivity index (χ3n) is 14.3. The molecule has 2 atom stereocenters. The third kappa shape index (κ3) is 29.0. The highest BCUT2D eigenvalue weighted by atomic mass is 16.6. The normalized spacial score (nSPS) is 11.7. The van der Waals surface area contributed by atoms with Gasteiger partial charge in [-0.1, -0.05) is 221 Å². The van der Waals surface area contributed by atoms with Gasteiger partial charge in [0.15, 0.2) is 0 Å². The van der Waals surface area contributed by atoms with E-state index in [-0.39, 0.29) is 78.4 Å². The number of ether oxygens (including phenoxy) is 6. The van der Waals surface area contributed by atoms with Crippen molar-refractivity contribution in [1.29, 1.82) is 0 Å². The van der Waals surface area contributed by atoms with Gasteiger partial charge >= 0.3 is 36.6 Å². The Morgan fingerprint density at radius 3 is 0.883 bits per heavy atom. The number of alkyl carbamates (subject to hydrolysis) is 2. The molecule has 8 N–H and O–H groups in total. The zero-order valence-electron chi connectivity index (χ0n) is 52.7. The Balaban J connectivity index is 0.948. The number of nitrogens with zero attached hydrogens (tertiary/aromatic N) is 4. The Hall–Kier alpha value is -10.8. The lowest BCUT2D eigenvalue weighted by Gasteiger charge is -2.23. The highest BCUT2D eigenvalue weighted by Crippen LogP contribution is 2.14. The maximum atomic E-state index is 13.7. The summed E-state index contributed by atoms with van der Waals surface area (Å²) in [6.45, 7) is -0.0615. The van der Waals surface area contributed by atoms with E-state index in [0.29, 0.717) is 37.1 Å². The van der Waals surface area contributed by atoms with Crippen LogP contribution in [-0.2, 0) is 77.7 Å². The van der Waals surface area contributed by atoms with E-state index in [2.05, 4.69) is 31.3 Å². The summed E-state index contributed by atoms with van der Waals surface area (Å²) < 4.78 is 32.5. The number of benzene rings is 6. The Bertz CT molecular complexity index is 3100. The molecule has 94 heavy (non-hydrogen) atoms. The molecule has 6 aromatic rings. The molecular weight excluding hydrogens is 1200 g/mol. The molecule has 0 radical (unpaired) electrons. The van der Waals surface area contributed by atoms with Crippen molar-refractivity contribution in [3.63, 3.8) is 0 Å². The van der Waals surface area contributed by atoms with Crippen molar-refractivity contribution in [2.75, 3.05) is 26.2 Å². The van der Waals surface area contributed by atoms with E-state index in [1.54, 1.807) is 121 Å². The van der Waals surface area contributed by atoms with Crippen molar-refractivity contribution in [2.24, 2.45) is 21.5 Å². The first kappa shape index (κ1) is 72.3. The van der Waals surface area contributed by atoms with Gasteiger partial charge in [-0.2, -0.15) is 0 Å². The fourth-order valence-electron chi connectivity index (χ4n) is 9.24. The van der Waals surface area contributed by atoms with Crippen molar-refractivity contribution in [3.8, 4) is 0 Å². The number of aliphatic imine (C=N–C) groups is 2. The molecule has 0 spiro atoms. The van der Waals surface area contributed by atoms with Crippen LogP contribution in [0.15, 0.2) is 192 Å². The van der Waals surface area contributed by atoms with E-state index >= 15 is 0 Å². The van der Waals surface area contributed by atoms with Gasteiger partial charge in [-0.25, -0.2) is 38.6 Å². The summed E-state index contributed by atoms with van der Waals surface area (Å²) in [7, 11) is 0. The number of hydrogen-bond acceptors (Lipinski definition) is 14. The third-order valence-corrected chi connectivity index (χ3v) is 14.3. The van der Waals surface area contributed by atoms with Crippen molar-refractivity contribution in [2.45, 2.75) is 129 Å². The van der Waals surface area contributed by atoms with Gasteiger partial charge in [0, 0.05) is 26.2 Å². The van der Waals surface area contributed by atoms with Gasteiger partial charge < -0.3 is 61.2 Å². The molecule has 0 fully saturated rings. The number of carbonyl (C=O) groups is 8. The molecule has 0 heterocycles. The van der Waals surface area contributed by atoms with E-state index in [9.17, 15) is 38.4 Å². The van der Waals surface area contributed by atoms with Crippen LogP contribution in [0.25, 0.3) is 0 Å². The predicted molar refractivity (Wildman–Crippen MR) is 352 cm³/mol. The molecule has 0 bridgehead atoms. The summed E-state index contributed by atoms with van der Waals surface area (Å²) >= 11 is 0. The molecule has 24 nitrogen and oxygen atoms in total. The predicted octanol–water partition coefficient (Wildman–Crippen LogP) is 11.1. The highest BCUT2D eigenvalue weighted by Gasteiger charge is 2.27. The lowest BCUT2D eigenvalue weighted by molar-refractivity contribution is -0.124. The van der Waals surface area contributed by atoms with Gasteiger partial charge in [-0.05, 0) is 71.9 Å². The lowest BCUT2D eigenvalue weighted by Crippen LogP contribution is -2.48. The van der Waals surface area contributed by atoms with E-state index < -0.39 is 72.4 Å². The van der Waals surface area contributed by atoms with E-state index in [1.165, 1.54) is 0 Å². The summed E-state index contributed by atoms with van der Waals surface area (Å²) in [5.41, 5.74) is 16.8. The number of nitrogens with one attached hydrogen (secondary N) is 4. The fraction of sp³-hybridized carbons (Fsp3) is 0.343. The Morgan fingerprint density at radius 2 is 0.596 bits per heavy atom. The van der Waals surface area contributed by atoms with Crippen LogP contribution in [0, 0.1) is 0 Å². The zero-order valence-corrected chi connectivity index (χ0v) is 52.7. The summed E-state index contributed by atoms with van der Waals surface area (Å²) in [6, 6.07) is 51.8. The van der Waals surface area contributed by atoms with Crippen LogP contribution in [0.5, 0.6) is 0 Å². The molecule has 2 unspecified atom stereocenters. The second-order valence-corrected chi connectivity index (χ2v) is 21.6. The molecule has 0 aliphatic carbocycles. The molecule has 498 valence electrons. The minimum atomic E-state index is -1.08. The van der Waals surface area contributed by atoms with Gasteiger partial charge in [0.25, 0.3) is 0 Å². The Morgan fingerprint density at radius 1 is 0.340 bits per heavy atom. The summed E-state index contributed by atoms with van der Waals surface area (Å²) in [5, 5.41) is 11.2. The maximum Gasteiger partial charge on any atom is 0.437 e. The van der Waals surface area contributed by atoms with E-state index in [4.69, 9.17) is 39.9 Å². The zero-order chi connectivity index (χ0) is 66.8. The van der Waals surface area contributed by atoms with E-state index in [1.807, 2.05) is 60.7 Å². The van der Waals surface area contributed by atoms with Gasteiger partial charge in [0.1, 0.15) is 51.7 Å². The maximum absolute atomic E-state index is 13.7. The molecule has 0 aliphatic rings. The number of hydrogen-bond donors (Lipinski definition) is 6. The first-order valence-corrected chi connectivity index (χ1v) is 31.4. The average Bonchev–Trinajstić information content (AvgIpc) is 1.88. The van der Waals surface area contributed by atoms with Crippen LogP contribution < -0.4 is 32.7 Å². The highest BCUT2D eigenvalue weighted by molar-refractivity contribution is 5.99. The standard InChI is InChI=1S/C70H84N10O14/c71-63(77-67(85)91-49-55-33-17-9-18-34-55)79(69(87)93-51-57-37-21-11-22-38-57)45-27-41-59(75-65(83)89-47-53-29-13-7-14-30-53)61(81)73-43-25-5-3-1-2-4-6-26-44-74-62(82)60(76-66(84)90-48-54-31-15-8-16-32-54)42-28-46-80(70(88)94-52-58-39-23-12-24-40-58)64(72)78-68(86)92-50-56-35-19-10-20-36-56/h7-24,29-40,59-60H,1-6,25-28,41-52H2,(H,73,81)(H,74,82)(H,75,83)(H,76,84)(H2,71,77,85)(H2,72,78,86). The second-order valence-electron chi connectivity index (χ2n) is 21.6. The van der Waals surface area contributed by atoms with Crippen molar-refractivity contribution in [3.05, 3.63) is 215 Å². The number of nitrogens with two attached hydrogens (primary N) is 2. The molecule has 0 aromatic heterocycles.